The van der Waals surface area contributed by atoms with E-state index in [1.54, 1.807) is 36.3 Å². The van der Waals surface area contributed by atoms with Crippen molar-refractivity contribution in [3.63, 3.8) is 0 Å². The molecule has 1 aromatic carbocycles. The highest BCUT2D eigenvalue weighted by atomic mass is 16.5. The third-order valence-electron chi connectivity index (χ3n) is 5.68. The number of hydrogen-bond acceptors (Lipinski definition) is 7. The largest absolute Gasteiger partial charge is 0.442 e. The number of hydrogen-bond donors (Lipinski definition) is 1. The van der Waals surface area contributed by atoms with Crippen LogP contribution in [-0.2, 0) is 9.53 Å². The Morgan fingerprint density at radius 1 is 1.27 bits per heavy atom. The molecular weight excluding hydrogens is 388 g/mol. The van der Waals surface area contributed by atoms with E-state index in [1.807, 2.05) is 19.9 Å². The lowest BCUT2D eigenvalue weighted by Crippen LogP contribution is -2.51. The summed E-state index contributed by atoms with van der Waals surface area (Å²) in [6.07, 6.45) is 1.47. The lowest BCUT2D eigenvalue weighted by atomic mass is 10.1. The van der Waals surface area contributed by atoms with Gasteiger partial charge in [-0.15, -0.1) is 5.10 Å². The van der Waals surface area contributed by atoms with Gasteiger partial charge in [0.1, 0.15) is 6.04 Å². The molecule has 1 aromatic heterocycles. The monoisotopic (exact) mass is 414 g/mol. The van der Waals surface area contributed by atoms with Crippen LogP contribution in [0.2, 0.25) is 0 Å². The van der Waals surface area contributed by atoms with Gasteiger partial charge in [-0.1, -0.05) is 18.2 Å². The highest BCUT2D eigenvalue weighted by Crippen LogP contribution is 2.48. The number of nitrogens with zero attached hydrogens (tertiary/aromatic N) is 3. The molecule has 2 aromatic rings. The molecule has 0 bridgehead atoms. The van der Waals surface area contributed by atoms with E-state index in [0.717, 1.165) is 11.1 Å². The van der Waals surface area contributed by atoms with Crippen molar-refractivity contribution >= 4 is 11.7 Å². The Kier molecular flexibility index (Phi) is 5.33. The molecule has 1 aliphatic heterocycles. The van der Waals surface area contributed by atoms with E-state index in [1.165, 1.54) is 0 Å². The minimum atomic E-state index is -0.728. The molecule has 9 heteroatoms. The SMILES string of the molecule is COCC(C)(C)NCC(=O)N1[C@H](C(=O)c2nn(-c3ccccc3)c(=O)o2)C[C@@H]2C[C@@H]21. The van der Waals surface area contributed by atoms with Crippen molar-refractivity contribution in [3.8, 4) is 5.69 Å². The van der Waals surface area contributed by atoms with Gasteiger partial charge in [0, 0.05) is 18.7 Å². The van der Waals surface area contributed by atoms with Gasteiger partial charge in [0.2, 0.25) is 11.7 Å². The fourth-order valence-corrected chi connectivity index (χ4v) is 4.12. The van der Waals surface area contributed by atoms with Crippen LogP contribution in [0.5, 0.6) is 0 Å². The van der Waals surface area contributed by atoms with Gasteiger partial charge >= 0.3 is 5.76 Å². The van der Waals surface area contributed by atoms with Crippen LogP contribution in [0.1, 0.15) is 37.4 Å². The quantitative estimate of drug-likeness (QED) is 0.643. The Balaban J connectivity index is 1.50. The predicted octanol–water partition coefficient (Wildman–Crippen LogP) is 1.01. The highest BCUT2D eigenvalue weighted by molar-refractivity contribution is 5.99. The number of benzene rings is 1. The molecule has 0 unspecified atom stereocenters. The van der Waals surface area contributed by atoms with Crippen LogP contribution in [0, 0.1) is 5.92 Å². The first kappa shape index (κ1) is 20.5. The van der Waals surface area contributed by atoms with E-state index in [9.17, 15) is 14.4 Å². The molecule has 2 aliphatic rings. The number of rotatable bonds is 8. The number of para-hydroxylation sites is 1. The Bertz CT molecular complexity index is 996. The predicted molar refractivity (Wildman–Crippen MR) is 108 cm³/mol. The van der Waals surface area contributed by atoms with Crippen LogP contribution in [0.25, 0.3) is 5.69 Å². The lowest BCUT2D eigenvalue weighted by Gasteiger charge is -2.29. The summed E-state index contributed by atoms with van der Waals surface area (Å²) in [5.74, 6) is -1.25. The number of likely N-dealkylation sites (tertiary alicyclic amines) is 1. The normalized spacial score (nSPS) is 22.8. The summed E-state index contributed by atoms with van der Waals surface area (Å²) in [7, 11) is 1.61. The van der Waals surface area contributed by atoms with Crippen LogP contribution in [0.4, 0.5) is 0 Å². The molecule has 160 valence electrons. The first-order valence-electron chi connectivity index (χ1n) is 10.1. The van der Waals surface area contributed by atoms with Crippen molar-refractivity contribution < 1.29 is 18.7 Å². The number of carbonyl (C=O) groups excluding carboxylic acids is 2. The lowest BCUT2D eigenvalue weighted by molar-refractivity contribution is -0.131. The molecule has 2 fully saturated rings. The third kappa shape index (κ3) is 3.95. The van der Waals surface area contributed by atoms with Crippen molar-refractivity contribution in [1.29, 1.82) is 0 Å². The van der Waals surface area contributed by atoms with Crippen LogP contribution < -0.4 is 11.1 Å². The fourth-order valence-electron chi connectivity index (χ4n) is 4.12. The second kappa shape index (κ2) is 7.81. The van der Waals surface area contributed by atoms with Crippen LogP contribution in [-0.4, -0.2) is 64.3 Å². The van der Waals surface area contributed by atoms with Crippen molar-refractivity contribution in [2.75, 3.05) is 20.3 Å². The van der Waals surface area contributed by atoms with Crippen LogP contribution in [0.15, 0.2) is 39.5 Å². The molecule has 4 rings (SSSR count). The topological polar surface area (TPSA) is 107 Å². The number of methoxy groups -OCH3 is 1. The Morgan fingerprint density at radius 3 is 2.70 bits per heavy atom. The summed E-state index contributed by atoms with van der Waals surface area (Å²) in [5.41, 5.74) is 0.144. The Morgan fingerprint density at radius 2 is 2.00 bits per heavy atom. The summed E-state index contributed by atoms with van der Waals surface area (Å²) in [6, 6.07) is 8.16. The molecule has 1 saturated heterocycles. The van der Waals surface area contributed by atoms with E-state index in [4.69, 9.17) is 9.15 Å². The summed E-state index contributed by atoms with van der Waals surface area (Å²) >= 11 is 0. The standard InChI is InChI=1S/C21H26N4O5/c1-21(2,12-29-3)22-11-17(26)24-15-9-13(15)10-16(24)18(27)19-23-25(20(28)30-19)14-7-5-4-6-8-14/h4-8,13,15-16,22H,9-12H2,1-3H3/t13-,15-,16-/m0/s1. The maximum Gasteiger partial charge on any atom is 0.442 e. The first-order valence-corrected chi connectivity index (χ1v) is 10.1. The maximum absolute atomic E-state index is 13.1. The van der Waals surface area contributed by atoms with E-state index in [2.05, 4.69) is 10.4 Å². The van der Waals surface area contributed by atoms with Crippen molar-refractivity contribution in [2.45, 2.75) is 44.3 Å². The van der Waals surface area contributed by atoms with Gasteiger partial charge in [-0.3, -0.25) is 9.59 Å². The zero-order valence-electron chi connectivity index (χ0n) is 17.3. The number of amides is 1. The van der Waals surface area contributed by atoms with Gasteiger partial charge in [0.05, 0.1) is 18.8 Å². The van der Waals surface area contributed by atoms with E-state index in [0.29, 0.717) is 24.6 Å². The molecule has 30 heavy (non-hydrogen) atoms. The zero-order valence-corrected chi connectivity index (χ0v) is 17.3. The number of fused-ring (bicyclic) bond motifs is 1. The van der Waals surface area contributed by atoms with E-state index < -0.39 is 17.6 Å². The van der Waals surface area contributed by atoms with Gasteiger partial charge in [-0.2, -0.15) is 4.68 Å². The molecule has 3 atom stereocenters. The molecule has 0 spiro atoms. The zero-order chi connectivity index (χ0) is 21.5. The molecule has 1 N–H and O–H groups in total. The summed E-state index contributed by atoms with van der Waals surface area (Å²) < 4.78 is 11.4. The molecule has 9 nitrogen and oxygen atoms in total. The van der Waals surface area contributed by atoms with E-state index in [-0.39, 0.29) is 29.9 Å². The number of ketones is 1. The number of aromatic nitrogens is 2. The van der Waals surface area contributed by atoms with Crippen LogP contribution >= 0.6 is 0 Å². The fraction of sp³-hybridized carbons (Fsp3) is 0.524. The van der Waals surface area contributed by atoms with Crippen molar-refractivity contribution in [2.24, 2.45) is 5.92 Å². The number of piperidine rings is 1. The van der Waals surface area contributed by atoms with Gasteiger partial charge in [-0.05, 0) is 44.7 Å². The molecule has 1 saturated carbocycles. The summed E-state index contributed by atoms with van der Waals surface area (Å²) in [5, 5.41) is 7.27. The average Bonchev–Trinajstić information content (AvgIpc) is 3.20. The first-order chi connectivity index (χ1) is 14.3. The number of carbonyl (C=O) groups is 2. The van der Waals surface area contributed by atoms with Crippen LogP contribution in [0.3, 0.4) is 0 Å². The van der Waals surface area contributed by atoms with E-state index >= 15 is 0 Å². The Hall–Kier alpha value is -2.78. The number of Topliss-reactive ketones (excluding diaryl/α,β-unsaturated/α-hetero) is 1. The van der Waals surface area contributed by atoms with Gasteiger partial charge in [0.25, 0.3) is 5.89 Å². The average molecular weight is 414 g/mol. The van der Waals surface area contributed by atoms with Gasteiger partial charge < -0.3 is 19.4 Å². The third-order valence-corrected chi connectivity index (χ3v) is 5.68. The van der Waals surface area contributed by atoms with Crippen molar-refractivity contribution in [1.82, 2.24) is 20.0 Å². The summed E-state index contributed by atoms with van der Waals surface area (Å²) in [6.45, 7) is 4.45. The minimum absolute atomic E-state index is 0.0710. The number of nitrogens with one attached hydrogen (secondary N) is 1. The maximum atomic E-state index is 13.1. The van der Waals surface area contributed by atoms with Gasteiger partial charge in [0.15, 0.2) is 0 Å². The van der Waals surface area contributed by atoms with Crippen molar-refractivity contribution in [3.05, 3.63) is 46.8 Å². The van der Waals surface area contributed by atoms with Gasteiger partial charge in [-0.25, -0.2) is 4.79 Å². The smallest absolute Gasteiger partial charge is 0.384 e. The molecule has 2 heterocycles. The molecule has 0 radical (unpaired) electrons. The molecular formula is C21H26N4O5. The summed E-state index contributed by atoms with van der Waals surface area (Å²) in [4.78, 5) is 39.9. The number of ether oxygens (including phenoxy) is 1. The molecule has 1 aliphatic carbocycles. The Labute approximate surface area is 174 Å². The second-order valence-corrected chi connectivity index (χ2v) is 8.57. The molecule has 1 amide bonds. The highest BCUT2D eigenvalue weighted by Gasteiger charge is 2.56. The minimum Gasteiger partial charge on any atom is -0.384 e. The second-order valence-electron chi connectivity index (χ2n) is 8.57.